The molecular formula is C15H22ClN. The lowest BCUT2D eigenvalue weighted by molar-refractivity contribution is 0.347. The van der Waals surface area contributed by atoms with Gasteiger partial charge in [0, 0.05) is 5.38 Å². The molecule has 0 bridgehead atoms. The number of benzene rings is 1. The van der Waals surface area contributed by atoms with Gasteiger partial charge < -0.3 is 5.32 Å². The summed E-state index contributed by atoms with van der Waals surface area (Å²) in [6.07, 6.45) is 6.13. The van der Waals surface area contributed by atoms with Gasteiger partial charge in [0.1, 0.15) is 0 Å². The van der Waals surface area contributed by atoms with Gasteiger partial charge in [-0.2, -0.15) is 0 Å². The molecule has 1 saturated carbocycles. The second-order valence-electron chi connectivity index (χ2n) is 5.06. The van der Waals surface area contributed by atoms with Crippen LogP contribution in [0.2, 0.25) is 0 Å². The maximum atomic E-state index is 6.10. The molecule has 2 rings (SSSR count). The van der Waals surface area contributed by atoms with Gasteiger partial charge in [0.05, 0.1) is 0 Å². The lowest BCUT2D eigenvalue weighted by Gasteiger charge is -2.25. The average molecular weight is 252 g/mol. The number of rotatable bonds is 5. The van der Waals surface area contributed by atoms with Crippen molar-refractivity contribution in [3.05, 3.63) is 35.9 Å². The molecule has 0 spiro atoms. The molecule has 1 fully saturated rings. The Hall–Kier alpha value is -0.530. The van der Waals surface area contributed by atoms with E-state index in [2.05, 4.69) is 35.6 Å². The minimum atomic E-state index is 0.440. The summed E-state index contributed by atoms with van der Waals surface area (Å²) in [6.45, 7) is 2.25. The molecule has 1 aliphatic rings. The van der Waals surface area contributed by atoms with E-state index in [1.165, 1.54) is 31.2 Å². The van der Waals surface area contributed by atoms with Gasteiger partial charge in [0.15, 0.2) is 0 Å². The third-order valence-electron chi connectivity index (χ3n) is 3.64. The number of halogens is 1. The van der Waals surface area contributed by atoms with Crippen LogP contribution in [-0.2, 0) is 6.42 Å². The first-order valence-electron chi connectivity index (χ1n) is 6.73. The molecule has 0 aromatic heterocycles. The van der Waals surface area contributed by atoms with E-state index in [4.69, 9.17) is 11.6 Å². The van der Waals surface area contributed by atoms with E-state index in [0.29, 0.717) is 5.38 Å². The molecule has 0 heterocycles. The Morgan fingerprint density at radius 3 is 2.47 bits per heavy atom. The Morgan fingerprint density at radius 2 is 1.76 bits per heavy atom. The predicted octanol–water partition coefficient (Wildman–Crippen LogP) is 3.62. The lowest BCUT2D eigenvalue weighted by Crippen LogP contribution is -2.28. The summed E-state index contributed by atoms with van der Waals surface area (Å²) in [5, 5.41) is 4.02. The molecule has 0 atom stereocenters. The van der Waals surface area contributed by atoms with Crippen LogP contribution in [0.4, 0.5) is 0 Å². The van der Waals surface area contributed by atoms with Crippen molar-refractivity contribution in [2.45, 2.75) is 37.5 Å². The van der Waals surface area contributed by atoms with E-state index in [-0.39, 0.29) is 0 Å². The summed E-state index contributed by atoms with van der Waals surface area (Å²) in [7, 11) is 0. The van der Waals surface area contributed by atoms with Gasteiger partial charge in [-0.3, -0.25) is 0 Å². The Bertz CT molecular complexity index is 304. The number of hydrogen-bond donors (Lipinski definition) is 1. The third-order valence-corrected chi connectivity index (χ3v) is 4.08. The first kappa shape index (κ1) is 12.9. The van der Waals surface area contributed by atoms with Gasteiger partial charge in [-0.1, -0.05) is 30.3 Å². The van der Waals surface area contributed by atoms with Crippen LogP contribution in [0.15, 0.2) is 30.3 Å². The summed E-state index contributed by atoms with van der Waals surface area (Å²) >= 11 is 6.10. The molecule has 0 radical (unpaired) electrons. The zero-order valence-corrected chi connectivity index (χ0v) is 11.1. The van der Waals surface area contributed by atoms with Crippen molar-refractivity contribution in [2.75, 3.05) is 13.1 Å². The third kappa shape index (κ3) is 4.69. The maximum absolute atomic E-state index is 6.10. The van der Waals surface area contributed by atoms with Crippen LogP contribution >= 0.6 is 11.6 Å². The van der Waals surface area contributed by atoms with Gasteiger partial charge in [-0.05, 0) is 56.7 Å². The van der Waals surface area contributed by atoms with Crippen molar-refractivity contribution in [3.8, 4) is 0 Å². The molecule has 2 heteroatoms. The summed E-state index contributed by atoms with van der Waals surface area (Å²) < 4.78 is 0. The van der Waals surface area contributed by atoms with Crippen molar-refractivity contribution < 1.29 is 0 Å². The first-order valence-corrected chi connectivity index (χ1v) is 7.17. The molecule has 1 aliphatic carbocycles. The van der Waals surface area contributed by atoms with Gasteiger partial charge in [0.25, 0.3) is 0 Å². The molecule has 1 aromatic rings. The highest BCUT2D eigenvalue weighted by molar-refractivity contribution is 6.20. The molecule has 0 unspecified atom stereocenters. The van der Waals surface area contributed by atoms with Crippen LogP contribution in [0.25, 0.3) is 0 Å². The predicted molar refractivity (Wildman–Crippen MR) is 74.6 cm³/mol. The molecule has 1 aromatic carbocycles. The fourth-order valence-electron chi connectivity index (χ4n) is 2.51. The molecule has 0 aliphatic heterocycles. The van der Waals surface area contributed by atoms with Crippen molar-refractivity contribution in [3.63, 3.8) is 0 Å². The molecule has 1 nitrogen and oxygen atoms in total. The van der Waals surface area contributed by atoms with Crippen molar-refractivity contribution in [2.24, 2.45) is 5.92 Å². The van der Waals surface area contributed by atoms with Crippen LogP contribution in [0.1, 0.15) is 31.2 Å². The van der Waals surface area contributed by atoms with Gasteiger partial charge in [-0.15, -0.1) is 11.6 Å². The summed E-state index contributed by atoms with van der Waals surface area (Å²) in [5.74, 6) is 0.848. The van der Waals surface area contributed by atoms with E-state index in [1.807, 2.05) is 0 Å². The number of alkyl halides is 1. The van der Waals surface area contributed by atoms with Crippen LogP contribution in [0.5, 0.6) is 0 Å². The monoisotopic (exact) mass is 251 g/mol. The van der Waals surface area contributed by atoms with Crippen LogP contribution in [0, 0.1) is 5.92 Å². The lowest BCUT2D eigenvalue weighted by atomic mass is 9.89. The van der Waals surface area contributed by atoms with Gasteiger partial charge in [-0.25, -0.2) is 0 Å². The zero-order valence-electron chi connectivity index (χ0n) is 10.4. The zero-order chi connectivity index (χ0) is 11.9. The van der Waals surface area contributed by atoms with Crippen LogP contribution in [0.3, 0.4) is 0 Å². The SMILES string of the molecule is ClC1CCC(CNCCc2ccccc2)CC1. The van der Waals surface area contributed by atoms with Crippen molar-refractivity contribution in [1.82, 2.24) is 5.32 Å². The van der Waals surface area contributed by atoms with Crippen LogP contribution in [-0.4, -0.2) is 18.5 Å². The minimum absolute atomic E-state index is 0.440. The van der Waals surface area contributed by atoms with E-state index < -0.39 is 0 Å². The highest BCUT2D eigenvalue weighted by Crippen LogP contribution is 2.26. The Morgan fingerprint density at radius 1 is 1.06 bits per heavy atom. The first-order chi connectivity index (χ1) is 8.34. The second-order valence-corrected chi connectivity index (χ2v) is 5.67. The second kappa shape index (κ2) is 7.03. The highest BCUT2D eigenvalue weighted by atomic mass is 35.5. The van der Waals surface area contributed by atoms with Gasteiger partial charge in [0.2, 0.25) is 0 Å². The largest absolute Gasteiger partial charge is 0.316 e. The Balaban J connectivity index is 1.57. The van der Waals surface area contributed by atoms with Gasteiger partial charge >= 0.3 is 0 Å². The van der Waals surface area contributed by atoms with E-state index in [9.17, 15) is 0 Å². The molecule has 94 valence electrons. The highest BCUT2D eigenvalue weighted by Gasteiger charge is 2.18. The molecule has 0 saturated heterocycles. The summed E-state index contributed by atoms with van der Waals surface area (Å²) in [4.78, 5) is 0. The molecule has 17 heavy (non-hydrogen) atoms. The minimum Gasteiger partial charge on any atom is -0.316 e. The average Bonchev–Trinajstić information content (AvgIpc) is 2.38. The van der Waals surface area contributed by atoms with E-state index in [1.54, 1.807) is 0 Å². The van der Waals surface area contributed by atoms with Crippen molar-refractivity contribution >= 4 is 11.6 Å². The maximum Gasteiger partial charge on any atom is 0.0336 e. The van der Waals surface area contributed by atoms with E-state index in [0.717, 1.165) is 25.4 Å². The standard InChI is InChI=1S/C15H22ClN/c16-15-8-6-14(7-9-15)12-17-11-10-13-4-2-1-3-5-13/h1-5,14-15,17H,6-12H2. The van der Waals surface area contributed by atoms with Crippen LogP contribution < -0.4 is 5.32 Å². The fraction of sp³-hybridized carbons (Fsp3) is 0.600. The summed E-state index contributed by atoms with van der Waals surface area (Å²) in [6, 6.07) is 10.7. The molecule has 1 N–H and O–H groups in total. The normalized spacial score (nSPS) is 24.8. The summed E-state index contributed by atoms with van der Waals surface area (Å²) in [5.41, 5.74) is 1.42. The Kier molecular flexibility index (Phi) is 5.34. The fourth-order valence-corrected chi connectivity index (χ4v) is 2.76. The number of hydrogen-bond acceptors (Lipinski definition) is 1. The topological polar surface area (TPSA) is 12.0 Å². The molecular weight excluding hydrogens is 230 g/mol. The smallest absolute Gasteiger partial charge is 0.0336 e. The quantitative estimate of drug-likeness (QED) is 0.623. The molecule has 0 amide bonds. The van der Waals surface area contributed by atoms with Crippen molar-refractivity contribution in [1.29, 1.82) is 0 Å². The Labute approximate surface area is 110 Å². The van der Waals surface area contributed by atoms with E-state index >= 15 is 0 Å². The number of nitrogens with one attached hydrogen (secondary N) is 1.